The number of para-hydroxylation sites is 1. The van der Waals surface area contributed by atoms with E-state index in [4.69, 9.17) is 0 Å². The van der Waals surface area contributed by atoms with Crippen LogP contribution in [0.1, 0.15) is 0 Å². The van der Waals surface area contributed by atoms with Crippen molar-refractivity contribution >= 4 is 0 Å². The first-order chi connectivity index (χ1) is 4.88. The highest BCUT2D eigenvalue weighted by molar-refractivity contribution is 5.53. The lowest BCUT2D eigenvalue weighted by atomic mass is 10.2. The lowest BCUT2D eigenvalue weighted by Gasteiger charge is -1.87. The van der Waals surface area contributed by atoms with Crippen molar-refractivity contribution in [3.8, 4) is 11.4 Å². The third kappa shape index (κ3) is 0.556. The van der Waals surface area contributed by atoms with E-state index < -0.39 is 0 Å². The molecular weight excluding hydrogens is 130 g/mol. The van der Waals surface area contributed by atoms with Crippen LogP contribution in [-0.4, -0.2) is 15.4 Å². The number of aromatic nitrogens is 3. The Hall–Kier alpha value is -1.58. The number of nitrogens with zero attached hydrogens (tertiary/aromatic N) is 1. The molecule has 2 aliphatic rings. The summed E-state index contributed by atoms with van der Waals surface area (Å²) >= 11 is 0. The quantitative estimate of drug-likeness (QED) is 0.542. The summed E-state index contributed by atoms with van der Waals surface area (Å²) in [5, 5.41) is 8.95. The van der Waals surface area contributed by atoms with Crippen LogP contribution in [0.4, 0.5) is 0 Å². The van der Waals surface area contributed by atoms with Crippen LogP contribution in [0.15, 0.2) is 23.0 Å². The zero-order chi connectivity index (χ0) is 6.97. The molecule has 1 aliphatic heterocycles. The molecule has 0 fully saturated rings. The molecule has 4 nitrogen and oxygen atoms in total. The number of nitrogens with one attached hydrogen (secondary N) is 2. The monoisotopic (exact) mass is 135 g/mol. The van der Waals surface area contributed by atoms with Crippen LogP contribution < -0.4 is 5.43 Å². The van der Waals surface area contributed by atoms with Gasteiger partial charge in [-0.05, 0) is 12.1 Å². The van der Waals surface area contributed by atoms with Gasteiger partial charge in [0.1, 0.15) is 0 Å². The van der Waals surface area contributed by atoms with Crippen molar-refractivity contribution in [1.82, 2.24) is 15.4 Å². The largest absolute Gasteiger partial charge is 0.287 e. The van der Waals surface area contributed by atoms with E-state index in [2.05, 4.69) is 15.4 Å². The van der Waals surface area contributed by atoms with Gasteiger partial charge in [0, 0.05) is 0 Å². The predicted molar refractivity (Wildman–Crippen MR) is 35.8 cm³/mol. The van der Waals surface area contributed by atoms with E-state index in [-0.39, 0.29) is 5.43 Å². The number of fused-ring (bicyclic) bond motifs is 1. The fourth-order valence-corrected chi connectivity index (χ4v) is 0.883. The highest BCUT2D eigenvalue weighted by atomic mass is 16.1. The summed E-state index contributed by atoms with van der Waals surface area (Å²) in [6.45, 7) is 0. The van der Waals surface area contributed by atoms with E-state index in [1.165, 1.54) is 6.07 Å². The topological polar surface area (TPSA) is 61.5 Å². The number of hydrogen-bond acceptors (Lipinski definition) is 2. The van der Waals surface area contributed by atoms with Crippen LogP contribution in [0.5, 0.6) is 0 Å². The summed E-state index contributed by atoms with van der Waals surface area (Å²) in [4.78, 5) is 10.9. The molecule has 2 N–H and O–H groups in total. The van der Waals surface area contributed by atoms with Gasteiger partial charge in [0.15, 0.2) is 5.69 Å². The van der Waals surface area contributed by atoms with Crippen molar-refractivity contribution in [3.63, 3.8) is 0 Å². The molecule has 1 aliphatic carbocycles. The van der Waals surface area contributed by atoms with Crippen molar-refractivity contribution < 1.29 is 0 Å². The van der Waals surface area contributed by atoms with Gasteiger partial charge in [-0.3, -0.25) is 9.89 Å². The average Bonchev–Trinajstić information content (AvgIpc) is 2.36. The maximum absolute atomic E-state index is 10.9. The van der Waals surface area contributed by atoms with Gasteiger partial charge in [0.25, 0.3) is 0 Å². The summed E-state index contributed by atoms with van der Waals surface area (Å²) in [7, 11) is 0. The maximum Gasteiger partial charge on any atom is 0.208 e. The molecule has 0 bridgehead atoms. The van der Waals surface area contributed by atoms with Crippen LogP contribution in [0.25, 0.3) is 11.4 Å². The molecule has 0 saturated heterocycles. The molecule has 0 unspecified atom stereocenters. The molecule has 0 radical (unpaired) electrons. The molecule has 50 valence electrons. The van der Waals surface area contributed by atoms with Crippen LogP contribution in [0.2, 0.25) is 0 Å². The second-order valence-electron chi connectivity index (χ2n) is 2.00. The van der Waals surface area contributed by atoms with Gasteiger partial charge in [-0.2, -0.15) is 5.10 Å². The van der Waals surface area contributed by atoms with E-state index >= 15 is 0 Å². The Morgan fingerprint density at radius 3 is 3.10 bits per heavy atom. The number of H-pyrrole nitrogens is 2. The highest BCUT2D eigenvalue weighted by Crippen LogP contribution is 2.07. The smallest absolute Gasteiger partial charge is 0.208 e. The van der Waals surface area contributed by atoms with Gasteiger partial charge in [-0.15, -0.1) is 0 Å². The van der Waals surface area contributed by atoms with Crippen LogP contribution in [0, 0.1) is 0 Å². The Balaban J connectivity index is 2.93. The Kier molecular flexibility index (Phi) is 0.887. The summed E-state index contributed by atoms with van der Waals surface area (Å²) in [5.41, 5.74) is 1.14. The van der Waals surface area contributed by atoms with E-state index in [9.17, 15) is 4.79 Å². The SMILES string of the molecule is O=c1cccc2[nH][nH]nc1-2. The summed E-state index contributed by atoms with van der Waals surface area (Å²) in [6, 6.07) is 4.97. The zero-order valence-corrected chi connectivity index (χ0v) is 5.09. The Bertz CT molecular complexity index is 362. The van der Waals surface area contributed by atoms with Crippen molar-refractivity contribution in [3.05, 3.63) is 28.4 Å². The molecule has 0 saturated carbocycles. The first kappa shape index (κ1) is 5.22. The Labute approximate surface area is 56.2 Å². The van der Waals surface area contributed by atoms with E-state index in [0.717, 1.165) is 5.69 Å². The maximum atomic E-state index is 10.9. The molecule has 0 aromatic carbocycles. The fraction of sp³-hybridized carbons (Fsp3) is 0. The minimum atomic E-state index is -0.0602. The summed E-state index contributed by atoms with van der Waals surface area (Å²) < 4.78 is 0. The second-order valence-corrected chi connectivity index (χ2v) is 2.00. The molecule has 2 rings (SSSR count). The number of aromatic amines is 2. The molecule has 4 heteroatoms. The standard InChI is InChI=1S/C6H5N3O/c10-5-3-1-2-4-6(5)8-9-7-4/h1-3,7,9H. The van der Waals surface area contributed by atoms with E-state index in [1.54, 1.807) is 12.1 Å². The average molecular weight is 135 g/mol. The molecule has 0 aromatic heterocycles. The summed E-state index contributed by atoms with van der Waals surface area (Å²) in [6.07, 6.45) is 0. The van der Waals surface area contributed by atoms with Crippen LogP contribution in [0.3, 0.4) is 0 Å². The van der Waals surface area contributed by atoms with Gasteiger partial charge in [-0.25, -0.2) is 5.21 Å². The normalized spacial score (nSPS) is 10.4. The minimum Gasteiger partial charge on any atom is -0.287 e. The van der Waals surface area contributed by atoms with Crippen molar-refractivity contribution in [1.29, 1.82) is 0 Å². The zero-order valence-electron chi connectivity index (χ0n) is 5.09. The van der Waals surface area contributed by atoms with Crippen molar-refractivity contribution in [2.75, 3.05) is 0 Å². The first-order valence-electron chi connectivity index (χ1n) is 2.90. The molecule has 10 heavy (non-hydrogen) atoms. The minimum absolute atomic E-state index is 0.0602. The molecule has 0 atom stereocenters. The third-order valence-electron chi connectivity index (χ3n) is 1.36. The van der Waals surface area contributed by atoms with Crippen molar-refractivity contribution in [2.45, 2.75) is 0 Å². The second kappa shape index (κ2) is 1.70. The lowest BCUT2D eigenvalue weighted by Crippen LogP contribution is -2.01. The van der Waals surface area contributed by atoms with Crippen molar-refractivity contribution in [2.24, 2.45) is 0 Å². The summed E-state index contributed by atoms with van der Waals surface area (Å²) in [5.74, 6) is 0. The van der Waals surface area contributed by atoms with Crippen LogP contribution >= 0.6 is 0 Å². The highest BCUT2D eigenvalue weighted by Gasteiger charge is 2.05. The molecule has 0 aromatic rings. The lowest BCUT2D eigenvalue weighted by molar-refractivity contribution is 0.952. The van der Waals surface area contributed by atoms with Gasteiger partial charge in [0.05, 0.1) is 5.69 Å². The molecule has 0 amide bonds. The number of rotatable bonds is 0. The van der Waals surface area contributed by atoms with Gasteiger partial charge < -0.3 is 0 Å². The third-order valence-corrected chi connectivity index (χ3v) is 1.36. The molecule has 0 spiro atoms. The first-order valence-corrected chi connectivity index (χ1v) is 2.90. The van der Waals surface area contributed by atoms with E-state index in [0.29, 0.717) is 5.69 Å². The Morgan fingerprint density at radius 1 is 1.40 bits per heavy atom. The van der Waals surface area contributed by atoms with Gasteiger partial charge in [0.2, 0.25) is 5.43 Å². The fourth-order valence-electron chi connectivity index (χ4n) is 0.883. The van der Waals surface area contributed by atoms with Crippen LogP contribution in [-0.2, 0) is 0 Å². The number of benzene rings is 1. The predicted octanol–water partition coefficient (Wildman–Crippen LogP) is 0.203. The van der Waals surface area contributed by atoms with Gasteiger partial charge in [-0.1, -0.05) is 6.07 Å². The number of hydrogen-bond donors (Lipinski definition) is 2. The molecular formula is C6H5N3O. The molecule has 1 heterocycles. The Morgan fingerprint density at radius 2 is 2.30 bits per heavy atom. The van der Waals surface area contributed by atoms with E-state index in [1.807, 2.05) is 0 Å². The van der Waals surface area contributed by atoms with Gasteiger partial charge >= 0.3 is 0 Å².